The van der Waals surface area contributed by atoms with Gasteiger partial charge in [-0.2, -0.15) is 0 Å². The maximum atomic E-state index is 12.8. The number of rotatable bonds is 4. The van der Waals surface area contributed by atoms with E-state index in [1.54, 1.807) is 6.07 Å². The highest BCUT2D eigenvalue weighted by Crippen LogP contribution is 2.33. The summed E-state index contributed by atoms with van der Waals surface area (Å²) in [5.41, 5.74) is 2.28. The largest absolute Gasteiger partial charge is 0.489 e. The summed E-state index contributed by atoms with van der Waals surface area (Å²) >= 11 is 0. The molecule has 1 nitrogen and oxygen atoms in total. The Hall–Kier alpha value is -1.83. The van der Waals surface area contributed by atoms with Crippen molar-refractivity contribution in [3.63, 3.8) is 0 Å². The lowest BCUT2D eigenvalue weighted by Crippen LogP contribution is -2.04. The van der Waals surface area contributed by atoms with Gasteiger partial charge in [0, 0.05) is 0 Å². The molecule has 1 radical (unpaired) electrons. The van der Waals surface area contributed by atoms with Gasteiger partial charge in [0.05, 0.1) is 0 Å². The van der Waals surface area contributed by atoms with Crippen molar-refractivity contribution in [2.75, 3.05) is 0 Å². The van der Waals surface area contributed by atoms with Crippen molar-refractivity contribution in [3.05, 3.63) is 65.5 Å². The summed E-state index contributed by atoms with van der Waals surface area (Å²) in [6.07, 6.45) is 6.70. The van der Waals surface area contributed by atoms with Crippen molar-refractivity contribution < 1.29 is 9.13 Å². The van der Waals surface area contributed by atoms with Gasteiger partial charge in [0.25, 0.3) is 0 Å². The van der Waals surface area contributed by atoms with Crippen LogP contribution in [0.4, 0.5) is 4.39 Å². The first-order chi connectivity index (χ1) is 10.3. The summed E-state index contributed by atoms with van der Waals surface area (Å²) in [6.45, 7) is 0.420. The standard InChI is InChI=1S/C19H20FO/c20-18-10-6-15(7-11-18)14-21-19-12-8-17(9-13-19)16-4-2-1-3-5-16/h6,8-13,16H,1-5,14H2. The quantitative estimate of drug-likeness (QED) is 0.744. The Balaban J connectivity index is 1.57. The van der Waals surface area contributed by atoms with E-state index < -0.39 is 0 Å². The Morgan fingerprint density at radius 1 is 1.00 bits per heavy atom. The lowest BCUT2D eigenvalue weighted by molar-refractivity contribution is 0.305. The summed E-state index contributed by atoms with van der Waals surface area (Å²) in [5.74, 6) is 1.31. The minimum atomic E-state index is -0.268. The van der Waals surface area contributed by atoms with Gasteiger partial charge in [0.1, 0.15) is 18.2 Å². The molecule has 2 aromatic carbocycles. The molecule has 109 valence electrons. The van der Waals surface area contributed by atoms with Crippen LogP contribution in [-0.2, 0) is 6.61 Å². The zero-order valence-electron chi connectivity index (χ0n) is 12.1. The highest BCUT2D eigenvalue weighted by molar-refractivity contribution is 5.30. The maximum absolute atomic E-state index is 12.8. The van der Waals surface area contributed by atoms with Crippen LogP contribution in [0.25, 0.3) is 0 Å². The van der Waals surface area contributed by atoms with Gasteiger partial charge in [0.15, 0.2) is 0 Å². The summed E-state index contributed by atoms with van der Waals surface area (Å²) in [4.78, 5) is 0. The zero-order valence-corrected chi connectivity index (χ0v) is 12.1. The average Bonchev–Trinajstić information content (AvgIpc) is 2.56. The topological polar surface area (TPSA) is 9.23 Å². The first-order valence-corrected chi connectivity index (χ1v) is 7.70. The van der Waals surface area contributed by atoms with Gasteiger partial charge >= 0.3 is 0 Å². The molecule has 0 unspecified atom stereocenters. The molecule has 0 bridgehead atoms. The average molecular weight is 283 g/mol. The zero-order chi connectivity index (χ0) is 14.5. The fourth-order valence-electron chi connectivity index (χ4n) is 2.96. The van der Waals surface area contributed by atoms with Gasteiger partial charge < -0.3 is 4.74 Å². The van der Waals surface area contributed by atoms with Crippen molar-refractivity contribution in [1.82, 2.24) is 0 Å². The highest BCUT2D eigenvalue weighted by Gasteiger charge is 2.15. The monoisotopic (exact) mass is 283 g/mol. The van der Waals surface area contributed by atoms with E-state index in [0.29, 0.717) is 6.61 Å². The van der Waals surface area contributed by atoms with Crippen LogP contribution in [0.3, 0.4) is 0 Å². The van der Waals surface area contributed by atoms with Crippen LogP contribution >= 0.6 is 0 Å². The summed E-state index contributed by atoms with van der Waals surface area (Å²) in [6, 6.07) is 15.8. The molecule has 2 heteroatoms. The Morgan fingerprint density at radius 2 is 1.76 bits per heavy atom. The van der Waals surface area contributed by atoms with E-state index in [1.165, 1.54) is 49.8 Å². The Bertz CT molecular complexity index is 553. The second-order valence-corrected chi connectivity index (χ2v) is 5.72. The van der Waals surface area contributed by atoms with Crippen LogP contribution in [0.5, 0.6) is 5.75 Å². The maximum Gasteiger partial charge on any atom is 0.123 e. The SMILES string of the molecule is Fc1c[c]c(COc2ccc(C3CCCCC3)cc2)cc1. The normalized spacial score (nSPS) is 15.9. The summed E-state index contributed by atoms with van der Waals surface area (Å²) < 4.78 is 18.5. The summed E-state index contributed by atoms with van der Waals surface area (Å²) in [5, 5.41) is 0. The molecule has 0 spiro atoms. The van der Waals surface area contributed by atoms with Crippen molar-refractivity contribution in [2.24, 2.45) is 0 Å². The molecular formula is C19H20FO. The van der Waals surface area contributed by atoms with E-state index in [0.717, 1.165) is 17.2 Å². The molecule has 21 heavy (non-hydrogen) atoms. The van der Waals surface area contributed by atoms with E-state index in [9.17, 15) is 4.39 Å². The number of hydrogen-bond donors (Lipinski definition) is 0. The van der Waals surface area contributed by atoms with E-state index in [2.05, 4.69) is 18.2 Å². The minimum Gasteiger partial charge on any atom is -0.489 e. The van der Waals surface area contributed by atoms with E-state index in [-0.39, 0.29) is 5.82 Å². The van der Waals surface area contributed by atoms with E-state index in [4.69, 9.17) is 4.74 Å². The van der Waals surface area contributed by atoms with Gasteiger partial charge in [-0.25, -0.2) is 4.39 Å². The molecule has 0 atom stereocenters. The predicted molar refractivity (Wildman–Crippen MR) is 81.8 cm³/mol. The van der Waals surface area contributed by atoms with Crippen molar-refractivity contribution >= 4 is 0 Å². The van der Waals surface area contributed by atoms with Gasteiger partial charge in [0.2, 0.25) is 0 Å². The first-order valence-electron chi connectivity index (χ1n) is 7.70. The molecule has 0 N–H and O–H groups in total. The molecule has 0 saturated heterocycles. The third kappa shape index (κ3) is 3.84. The number of halogens is 1. The number of ether oxygens (including phenoxy) is 1. The van der Waals surface area contributed by atoms with Crippen LogP contribution in [-0.4, -0.2) is 0 Å². The number of hydrogen-bond acceptors (Lipinski definition) is 1. The lowest BCUT2D eigenvalue weighted by Gasteiger charge is -2.22. The van der Waals surface area contributed by atoms with E-state index in [1.807, 2.05) is 12.1 Å². The van der Waals surface area contributed by atoms with Crippen molar-refractivity contribution in [2.45, 2.75) is 44.6 Å². The van der Waals surface area contributed by atoms with Crippen LogP contribution in [0.1, 0.15) is 49.1 Å². The fourth-order valence-corrected chi connectivity index (χ4v) is 2.96. The molecule has 0 heterocycles. The molecule has 3 rings (SSSR count). The lowest BCUT2D eigenvalue weighted by atomic mass is 9.84. The molecule has 1 saturated carbocycles. The number of benzene rings is 2. The fraction of sp³-hybridized carbons (Fsp3) is 0.368. The van der Waals surface area contributed by atoms with E-state index >= 15 is 0 Å². The third-order valence-corrected chi connectivity index (χ3v) is 4.19. The molecule has 0 amide bonds. The Kier molecular flexibility index (Phi) is 4.54. The van der Waals surface area contributed by atoms with Gasteiger partial charge in [-0.05, 0) is 60.2 Å². The Labute approximate surface area is 125 Å². The third-order valence-electron chi connectivity index (χ3n) is 4.19. The smallest absolute Gasteiger partial charge is 0.123 e. The molecular weight excluding hydrogens is 263 g/mol. The van der Waals surface area contributed by atoms with Gasteiger partial charge in [-0.3, -0.25) is 0 Å². The van der Waals surface area contributed by atoms with Crippen LogP contribution in [0.2, 0.25) is 0 Å². The molecule has 1 aliphatic rings. The predicted octanol–water partition coefficient (Wildman–Crippen LogP) is 5.25. The summed E-state index contributed by atoms with van der Waals surface area (Å²) in [7, 11) is 0. The first kappa shape index (κ1) is 14.1. The Morgan fingerprint density at radius 3 is 2.43 bits per heavy atom. The molecule has 1 aliphatic carbocycles. The van der Waals surface area contributed by atoms with Crippen LogP contribution < -0.4 is 4.74 Å². The highest BCUT2D eigenvalue weighted by atomic mass is 19.1. The second kappa shape index (κ2) is 6.75. The van der Waals surface area contributed by atoms with Gasteiger partial charge in [-0.15, -0.1) is 0 Å². The van der Waals surface area contributed by atoms with Crippen LogP contribution in [0, 0.1) is 11.9 Å². The molecule has 0 aromatic heterocycles. The van der Waals surface area contributed by atoms with Gasteiger partial charge in [-0.1, -0.05) is 37.5 Å². The van der Waals surface area contributed by atoms with Crippen molar-refractivity contribution in [1.29, 1.82) is 0 Å². The molecule has 0 aliphatic heterocycles. The van der Waals surface area contributed by atoms with Crippen LogP contribution in [0.15, 0.2) is 42.5 Å². The second-order valence-electron chi connectivity index (χ2n) is 5.72. The van der Waals surface area contributed by atoms with Crippen molar-refractivity contribution in [3.8, 4) is 5.75 Å². The molecule has 1 fully saturated rings. The minimum absolute atomic E-state index is 0.268. The molecule has 2 aromatic rings.